The van der Waals surface area contributed by atoms with Crippen molar-refractivity contribution in [1.82, 2.24) is 4.90 Å². The minimum Gasteiger partial charge on any atom is -0.466 e. The van der Waals surface area contributed by atoms with Crippen molar-refractivity contribution in [3.63, 3.8) is 0 Å². The van der Waals surface area contributed by atoms with Crippen LogP contribution in [0.1, 0.15) is 258 Å². The topological polar surface area (TPSA) is 101 Å². The first kappa shape index (κ1) is 59.3. The average molecular weight is 894 g/mol. The van der Waals surface area contributed by atoms with Gasteiger partial charge in [0, 0.05) is 44.8 Å². The standard InChI is InChI=1S/C54H103NO8/c1-6-9-12-15-18-25-34-44-61-52(56)38-30-23-19-27-33-43-60-51-46-50(45-48(51)47-62-53(57)40-35-41-55(4)5)59-42-32-26-20-24-31-39-54(58)63-49(36-28-21-16-13-10-7-2)37-29-22-17-14-11-8-3/h48-51H,6-47H2,1-5H3. The van der Waals surface area contributed by atoms with E-state index in [4.69, 9.17) is 23.7 Å². The summed E-state index contributed by atoms with van der Waals surface area (Å²) in [6, 6.07) is 0. The second-order valence-electron chi connectivity index (χ2n) is 19.3. The first-order chi connectivity index (χ1) is 30.8. The third-order valence-electron chi connectivity index (χ3n) is 12.8. The molecule has 0 aromatic carbocycles. The maximum Gasteiger partial charge on any atom is 0.306 e. The van der Waals surface area contributed by atoms with Gasteiger partial charge in [0.25, 0.3) is 0 Å². The molecule has 63 heavy (non-hydrogen) atoms. The molecule has 1 fully saturated rings. The van der Waals surface area contributed by atoms with E-state index in [1.807, 2.05) is 14.1 Å². The summed E-state index contributed by atoms with van der Waals surface area (Å²) in [7, 11) is 4.04. The molecule has 0 spiro atoms. The maximum absolute atomic E-state index is 12.8. The van der Waals surface area contributed by atoms with Crippen molar-refractivity contribution in [1.29, 1.82) is 0 Å². The lowest BCUT2D eigenvalue weighted by Crippen LogP contribution is -2.25. The monoisotopic (exact) mass is 894 g/mol. The van der Waals surface area contributed by atoms with Crippen molar-refractivity contribution in [2.24, 2.45) is 5.92 Å². The molecule has 0 radical (unpaired) electrons. The predicted octanol–water partition coefficient (Wildman–Crippen LogP) is 14.4. The highest BCUT2D eigenvalue weighted by atomic mass is 16.5. The lowest BCUT2D eigenvalue weighted by molar-refractivity contribution is -0.150. The highest BCUT2D eigenvalue weighted by molar-refractivity contribution is 5.70. The summed E-state index contributed by atoms with van der Waals surface area (Å²) in [4.78, 5) is 39.5. The van der Waals surface area contributed by atoms with E-state index < -0.39 is 0 Å². The molecule has 372 valence electrons. The molecule has 0 aromatic heterocycles. The Morgan fingerprint density at radius 2 is 0.889 bits per heavy atom. The molecule has 9 heteroatoms. The van der Waals surface area contributed by atoms with Crippen molar-refractivity contribution < 1.29 is 38.1 Å². The molecule has 1 saturated carbocycles. The molecule has 0 aliphatic heterocycles. The Labute approximate surface area is 389 Å². The summed E-state index contributed by atoms with van der Waals surface area (Å²) in [5.41, 5.74) is 0. The number of carbonyl (C=O) groups excluding carboxylic acids is 3. The minimum atomic E-state index is -0.129. The van der Waals surface area contributed by atoms with Gasteiger partial charge in [-0.25, -0.2) is 0 Å². The Bertz CT molecular complexity index is 1020. The van der Waals surface area contributed by atoms with Crippen LogP contribution >= 0.6 is 0 Å². The van der Waals surface area contributed by atoms with E-state index in [2.05, 4.69) is 25.7 Å². The van der Waals surface area contributed by atoms with Crippen LogP contribution in [-0.4, -0.2) is 88.2 Å². The Kier molecular flexibility index (Phi) is 41.6. The zero-order valence-corrected chi connectivity index (χ0v) is 42.2. The number of hydrogen-bond donors (Lipinski definition) is 0. The van der Waals surface area contributed by atoms with Crippen LogP contribution in [-0.2, 0) is 38.1 Å². The van der Waals surface area contributed by atoms with Gasteiger partial charge in [-0.3, -0.25) is 14.4 Å². The van der Waals surface area contributed by atoms with Crippen LogP contribution in [0, 0.1) is 5.92 Å². The number of hydrogen-bond acceptors (Lipinski definition) is 9. The Balaban J connectivity index is 2.33. The molecular weight excluding hydrogens is 791 g/mol. The lowest BCUT2D eigenvalue weighted by Gasteiger charge is -2.20. The molecule has 1 rings (SSSR count). The van der Waals surface area contributed by atoms with Gasteiger partial charge in [-0.2, -0.15) is 0 Å². The van der Waals surface area contributed by atoms with E-state index in [9.17, 15) is 14.4 Å². The number of ether oxygens (including phenoxy) is 5. The fourth-order valence-electron chi connectivity index (χ4n) is 8.78. The third kappa shape index (κ3) is 38.1. The molecule has 0 N–H and O–H groups in total. The van der Waals surface area contributed by atoms with Gasteiger partial charge in [0.2, 0.25) is 0 Å². The summed E-state index contributed by atoms with van der Waals surface area (Å²) in [5, 5.41) is 0. The van der Waals surface area contributed by atoms with Gasteiger partial charge in [0.1, 0.15) is 6.10 Å². The average Bonchev–Trinajstić information content (AvgIpc) is 3.66. The molecule has 3 unspecified atom stereocenters. The Morgan fingerprint density at radius 1 is 0.460 bits per heavy atom. The van der Waals surface area contributed by atoms with Gasteiger partial charge < -0.3 is 28.6 Å². The predicted molar refractivity (Wildman–Crippen MR) is 261 cm³/mol. The summed E-state index contributed by atoms with van der Waals surface area (Å²) in [6.45, 7) is 9.99. The first-order valence-electron chi connectivity index (χ1n) is 27.2. The summed E-state index contributed by atoms with van der Waals surface area (Å²) >= 11 is 0. The van der Waals surface area contributed by atoms with Crippen LogP contribution in [0.25, 0.3) is 0 Å². The number of rotatable bonds is 47. The number of esters is 3. The van der Waals surface area contributed by atoms with E-state index in [-0.39, 0.29) is 42.1 Å². The molecule has 1 aliphatic carbocycles. The first-order valence-corrected chi connectivity index (χ1v) is 27.2. The van der Waals surface area contributed by atoms with Crippen molar-refractivity contribution >= 4 is 17.9 Å². The molecular formula is C54H103NO8. The van der Waals surface area contributed by atoms with E-state index in [1.54, 1.807) is 0 Å². The zero-order valence-electron chi connectivity index (χ0n) is 42.2. The maximum atomic E-state index is 12.8. The minimum absolute atomic E-state index is 0.00450. The van der Waals surface area contributed by atoms with Crippen LogP contribution < -0.4 is 0 Å². The van der Waals surface area contributed by atoms with Crippen molar-refractivity contribution in [3.8, 4) is 0 Å². The second-order valence-corrected chi connectivity index (χ2v) is 19.3. The lowest BCUT2D eigenvalue weighted by atomic mass is 10.0. The quantitative estimate of drug-likeness (QED) is 0.0336. The van der Waals surface area contributed by atoms with E-state index in [0.29, 0.717) is 39.1 Å². The smallest absolute Gasteiger partial charge is 0.306 e. The highest BCUT2D eigenvalue weighted by Crippen LogP contribution is 2.32. The second kappa shape index (κ2) is 44.1. The van der Waals surface area contributed by atoms with Gasteiger partial charge in [0.15, 0.2) is 0 Å². The van der Waals surface area contributed by atoms with Crippen LogP contribution in [0.3, 0.4) is 0 Å². The molecule has 9 nitrogen and oxygen atoms in total. The largest absolute Gasteiger partial charge is 0.466 e. The SMILES string of the molecule is CCCCCCCCCOC(=O)CCCCCCCOC1CC(OCCCCCCCC(=O)OC(CCCCCCCC)CCCCCCCC)CC1COC(=O)CCCN(C)C. The van der Waals surface area contributed by atoms with E-state index in [1.165, 1.54) is 109 Å². The van der Waals surface area contributed by atoms with Gasteiger partial charge in [-0.15, -0.1) is 0 Å². The summed E-state index contributed by atoms with van der Waals surface area (Å²) < 4.78 is 30.0. The normalized spacial score (nSPS) is 16.3. The Morgan fingerprint density at radius 3 is 1.43 bits per heavy atom. The van der Waals surface area contributed by atoms with Crippen LogP contribution in [0.15, 0.2) is 0 Å². The van der Waals surface area contributed by atoms with E-state index in [0.717, 1.165) is 122 Å². The molecule has 1 aliphatic rings. The molecule has 3 atom stereocenters. The number of unbranched alkanes of at least 4 members (excludes halogenated alkanes) is 24. The number of carbonyl (C=O) groups is 3. The highest BCUT2D eigenvalue weighted by Gasteiger charge is 2.36. The molecule has 0 saturated heterocycles. The summed E-state index contributed by atoms with van der Waals surface area (Å²) in [5.74, 6) is -0.0384. The van der Waals surface area contributed by atoms with Crippen LogP contribution in [0.5, 0.6) is 0 Å². The van der Waals surface area contributed by atoms with Crippen LogP contribution in [0.2, 0.25) is 0 Å². The Hall–Kier alpha value is -1.71. The zero-order chi connectivity index (χ0) is 45.9. The molecule has 0 aromatic rings. The third-order valence-corrected chi connectivity index (χ3v) is 12.8. The van der Waals surface area contributed by atoms with Gasteiger partial charge in [0.05, 0.1) is 25.4 Å². The van der Waals surface area contributed by atoms with Crippen molar-refractivity contribution in [2.45, 2.75) is 277 Å². The fraction of sp³-hybridized carbons (Fsp3) is 0.944. The van der Waals surface area contributed by atoms with Crippen LogP contribution in [0.4, 0.5) is 0 Å². The van der Waals surface area contributed by atoms with Gasteiger partial charge in [-0.1, -0.05) is 162 Å². The van der Waals surface area contributed by atoms with Crippen molar-refractivity contribution in [3.05, 3.63) is 0 Å². The van der Waals surface area contributed by atoms with Crippen molar-refractivity contribution in [2.75, 3.05) is 47.1 Å². The molecule has 0 bridgehead atoms. The van der Waals surface area contributed by atoms with E-state index >= 15 is 0 Å². The summed E-state index contributed by atoms with van der Waals surface area (Å²) in [6.07, 6.45) is 40.3. The number of nitrogens with zero attached hydrogens (tertiary/aromatic N) is 1. The molecule has 0 heterocycles. The fourth-order valence-corrected chi connectivity index (χ4v) is 8.78. The van der Waals surface area contributed by atoms with Gasteiger partial charge in [-0.05, 0) is 91.3 Å². The van der Waals surface area contributed by atoms with Gasteiger partial charge >= 0.3 is 17.9 Å². The molecule has 0 amide bonds.